The molecule has 1 saturated carbocycles. The Morgan fingerprint density at radius 1 is 1.35 bits per heavy atom. The molecule has 0 bridgehead atoms. The van der Waals surface area contributed by atoms with Crippen molar-refractivity contribution in [2.24, 2.45) is 0 Å². The number of hydrogen-bond donors (Lipinski definition) is 1. The predicted molar refractivity (Wildman–Crippen MR) is 74.4 cm³/mol. The van der Waals surface area contributed by atoms with Crippen LogP contribution in [0.15, 0.2) is 28.7 Å². The summed E-state index contributed by atoms with van der Waals surface area (Å²) in [6.45, 7) is 1.93. The largest absolute Gasteiger partial charge is 0.385 e. The van der Waals surface area contributed by atoms with Gasteiger partial charge in [-0.15, -0.1) is 0 Å². The Bertz CT molecular complexity index is 350. The Kier molecular flexibility index (Phi) is 5.01. The van der Waals surface area contributed by atoms with Crippen LogP contribution in [0.2, 0.25) is 0 Å². The zero-order valence-electron chi connectivity index (χ0n) is 10.3. The summed E-state index contributed by atoms with van der Waals surface area (Å²) in [5.74, 6) is 0.727. The van der Waals surface area contributed by atoms with Crippen molar-refractivity contribution >= 4 is 15.9 Å². The van der Waals surface area contributed by atoms with Gasteiger partial charge in [0.1, 0.15) is 0 Å². The average Bonchev–Trinajstić information content (AvgIpc) is 2.28. The molecule has 0 saturated heterocycles. The summed E-state index contributed by atoms with van der Waals surface area (Å²) in [6.07, 6.45) is 3.62. The molecule has 0 aromatic heterocycles. The van der Waals surface area contributed by atoms with Crippen molar-refractivity contribution in [3.63, 3.8) is 0 Å². The quantitative estimate of drug-likeness (QED) is 0.814. The van der Waals surface area contributed by atoms with Gasteiger partial charge in [-0.2, -0.15) is 0 Å². The van der Waals surface area contributed by atoms with Crippen molar-refractivity contribution in [2.45, 2.75) is 31.2 Å². The maximum atomic E-state index is 5.04. The summed E-state index contributed by atoms with van der Waals surface area (Å²) in [5, 5.41) is 3.58. The minimum absolute atomic E-state index is 0.698. The van der Waals surface area contributed by atoms with Gasteiger partial charge in [-0.3, -0.25) is 0 Å². The molecule has 0 aliphatic heterocycles. The SMILES string of the molecule is COCCCNC1CC(c2ccccc2Br)C1. The molecule has 0 radical (unpaired) electrons. The first-order chi connectivity index (χ1) is 8.31. The number of hydrogen-bond acceptors (Lipinski definition) is 2. The lowest BCUT2D eigenvalue weighted by Crippen LogP contribution is -2.40. The molecule has 0 unspecified atom stereocenters. The smallest absolute Gasteiger partial charge is 0.0474 e. The summed E-state index contributed by atoms with van der Waals surface area (Å²) in [4.78, 5) is 0. The molecule has 0 amide bonds. The molecule has 2 rings (SSSR count). The maximum absolute atomic E-state index is 5.04. The maximum Gasteiger partial charge on any atom is 0.0474 e. The second-order valence-corrected chi connectivity index (χ2v) is 5.54. The normalized spacial score (nSPS) is 23.4. The van der Waals surface area contributed by atoms with E-state index in [1.165, 1.54) is 22.9 Å². The van der Waals surface area contributed by atoms with E-state index in [-0.39, 0.29) is 0 Å². The van der Waals surface area contributed by atoms with E-state index in [1.54, 1.807) is 7.11 Å². The zero-order valence-corrected chi connectivity index (χ0v) is 11.9. The number of halogens is 1. The van der Waals surface area contributed by atoms with E-state index in [4.69, 9.17) is 4.74 Å². The van der Waals surface area contributed by atoms with E-state index in [0.29, 0.717) is 6.04 Å². The van der Waals surface area contributed by atoms with Crippen LogP contribution in [-0.4, -0.2) is 26.3 Å². The molecule has 1 aliphatic carbocycles. The van der Waals surface area contributed by atoms with Gasteiger partial charge in [0.25, 0.3) is 0 Å². The predicted octanol–water partition coefficient (Wildman–Crippen LogP) is 3.32. The highest BCUT2D eigenvalue weighted by atomic mass is 79.9. The fraction of sp³-hybridized carbons (Fsp3) is 0.571. The first kappa shape index (κ1) is 13.1. The number of nitrogens with one attached hydrogen (secondary N) is 1. The van der Waals surface area contributed by atoms with Gasteiger partial charge >= 0.3 is 0 Å². The molecular weight excluding hydrogens is 278 g/mol. The Morgan fingerprint density at radius 2 is 2.12 bits per heavy atom. The summed E-state index contributed by atoms with van der Waals surface area (Å²) in [7, 11) is 1.76. The molecule has 0 atom stereocenters. The molecule has 0 heterocycles. The van der Waals surface area contributed by atoms with Crippen LogP contribution in [0, 0.1) is 0 Å². The monoisotopic (exact) mass is 297 g/mol. The molecule has 2 nitrogen and oxygen atoms in total. The van der Waals surface area contributed by atoms with Crippen molar-refractivity contribution < 1.29 is 4.74 Å². The number of ether oxygens (including phenoxy) is 1. The van der Waals surface area contributed by atoms with Crippen molar-refractivity contribution in [3.8, 4) is 0 Å². The van der Waals surface area contributed by atoms with Gasteiger partial charge in [-0.25, -0.2) is 0 Å². The molecule has 94 valence electrons. The third-order valence-corrected chi connectivity index (χ3v) is 4.16. The third-order valence-electron chi connectivity index (χ3n) is 3.44. The van der Waals surface area contributed by atoms with Crippen molar-refractivity contribution in [1.82, 2.24) is 5.32 Å². The van der Waals surface area contributed by atoms with Crippen LogP contribution in [0.1, 0.15) is 30.7 Å². The lowest BCUT2D eigenvalue weighted by Gasteiger charge is -2.37. The van der Waals surface area contributed by atoms with Gasteiger partial charge < -0.3 is 10.1 Å². The fourth-order valence-electron chi connectivity index (χ4n) is 2.37. The molecule has 1 aliphatic rings. The summed E-state index contributed by atoms with van der Waals surface area (Å²) in [6, 6.07) is 9.26. The van der Waals surface area contributed by atoms with Gasteiger partial charge in [-0.05, 0) is 43.4 Å². The molecule has 1 N–H and O–H groups in total. The number of benzene rings is 1. The molecule has 3 heteroatoms. The van der Waals surface area contributed by atoms with E-state index < -0.39 is 0 Å². The van der Waals surface area contributed by atoms with E-state index in [0.717, 1.165) is 25.5 Å². The van der Waals surface area contributed by atoms with Crippen LogP contribution in [-0.2, 0) is 4.74 Å². The van der Waals surface area contributed by atoms with E-state index in [1.807, 2.05) is 0 Å². The van der Waals surface area contributed by atoms with E-state index in [2.05, 4.69) is 45.5 Å². The van der Waals surface area contributed by atoms with Gasteiger partial charge in [-0.1, -0.05) is 34.1 Å². The topological polar surface area (TPSA) is 21.3 Å². The van der Waals surface area contributed by atoms with Gasteiger partial charge in [0.05, 0.1) is 0 Å². The number of methoxy groups -OCH3 is 1. The first-order valence-electron chi connectivity index (χ1n) is 6.28. The zero-order chi connectivity index (χ0) is 12.1. The summed E-state index contributed by atoms with van der Waals surface area (Å²) >= 11 is 3.63. The highest BCUT2D eigenvalue weighted by Gasteiger charge is 2.30. The second kappa shape index (κ2) is 6.53. The lowest BCUT2D eigenvalue weighted by atomic mass is 9.76. The fourth-order valence-corrected chi connectivity index (χ4v) is 2.98. The highest BCUT2D eigenvalue weighted by molar-refractivity contribution is 9.10. The van der Waals surface area contributed by atoms with Gasteiger partial charge in [0.15, 0.2) is 0 Å². The Balaban J connectivity index is 1.70. The van der Waals surface area contributed by atoms with Crippen LogP contribution < -0.4 is 5.32 Å². The first-order valence-corrected chi connectivity index (χ1v) is 7.07. The average molecular weight is 298 g/mol. The van der Waals surface area contributed by atoms with Crippen LogP contribution in [0.5, 0.6) is 0 Å². The highest BCUT2D eigenvalue weighted by Crippen LogP contribution is 2.39. The van der Waals surface area contributed by atoms with Crippen LogP contribution >= 0.6 is 15.9 Å². The third kappa shape index (κ3) is 3.54. The minimum Gasteiger partial charge on any atom is -0.385 e. The van der Waals surface area contributed by atoms with Gasteiger partial charge in [0, 0.05) is 24.2 Å². The van der Waals surface area contributed by atoms with Crippen molar-refractivity contribution in [3.05, 3.63) is 34.3 Å². The molecule has 1 aromatic rings. The van der Waals surface area contributed by atoms with E-state index in [9.17, 15) is 0 Å². The van der Waals surface area contributed by atoms with Gasteiger partial charge in [0.2, 0.25) is 0 Å². The second-order valence-electron chi connectivity index (χ2n) is 4.69. The standard InChI is InChI=1S/C14H20BrNO/c1-17-8-4-7-16-12-9-11(10-12)13-5-2-3-6-14(13)15/h2-3,5-6,11-12,16H,4,7-10H2,1H3. The molecule has 1 fully saturated rings. The molecule has 17 heavy (non-hydrogen) atoms. The number of rotatable bonds is 6. The van der Waals surface area contributed by atoms with Crippen LogP contribution in [0.25, 0.3) is 0 Å². The lowest BCUT2D eigenvalue weighted by molar-refractivity contribution is 0.189. The summed E-state index contributed by atoms with van der Waals surface area (Å²) < 4.78 is 6.29. The van der Waals surface area contributed by atoms with E-state index >= 15 is 0 Å². The van der Waals surface area contributed by atoms with Crippen molar-refractivity contribution in [2.75, 3.05) is 20.3 Å². The van der Waals surface area contributed by atoms with Crippen molar-refractivity contribution in [1.29, 1.82) is 0 Å². The minimum atomic E-state index is 0.698. The van der Waals surface area contributed by atoms with Crippen LogP contribution in [0.3, 0.4) is 0 Å². The Hall–Kier alpha value is -0.380. The summed E-state index contributed by atoms with van der Waals surface area (Å²) in [5.41, 5.74) is 1.46. The Labute approximate surface area is 112 Å². The molecular formula is C14H20BrNO. The Morgan fingerprint density at radius 3 is 2.82 bits per heavy atom. The molecule has 1 aromatic carbocycles. The molecule has 0 spiro atoms. The van der Waals surface area contributed by atoms with Crippen LogP contribution in [0.4, 0.5) is 0 Å².